The van der Waals surface area contributed by atoms with Crippen molar-refractivity contribution in [2.24, 2.45) is 0 Å². The number of anilines is 2. The number of hydrogen-bond acceptors (Lipinski definition) is 6. The Labute approximate surface area is 176 Å². The maximum absolute atomic E-state index is 12.7. The van der Waals surface area contributed by atoms with E-state index in [1.54, 1.807) is 0 Å². The molecule has 3 heterocycles. The van der Waals surface area contributed by atoms with E-state index < -0.39 is 5.97 Å². The highest BCUT2D eigenvalue weighted by atomic mass is 16.5. The van der Waals surface area contributed by atoms with Gasteiger partial charge in [-0.05, 0) is 31.7 Å². The Kier molecular flexibility index (Phi) is 6.22. The van der Waals surface area contributed by atoms with Gasteiger partial charge in [-0.1, -0.05) is 19.3 Å². The molecule has 2 fully saturated rings. The first-order chi connectivity index (χ1) is 14.6. The van der Waals surface area contributed by atoms with Crippen LogP contribution in [-0.2, 0) is 20.8 Å². The molecule has 0 spiro atoms. The quantitative estimate of drug-likeness (QED) is 0.700. The number of methoxy groups -OCH3 is 1. The summed E-state index contributed by atoms with van der Waals surface area (Å²) in [7, 11) is 1.34. The molecule has 2 aromatic rings. The molecule has 2 aliphatic rings. The number of amides is 1. The van der Waals surface area contributed by atoms with Gasteiger partial charge in [0, 0.05) is 25.0 Å². The summed E-state index contributed by atoms with van der Waals surface area (Å²) in [6.45, 7) is 2.64. The highest BCUT2D eigenvalue weighted by molar-refractivity contribution is 6.10. The zero-order chi connectivity index (χ0) is 21.1. The first-order valence-electron chi connectivity index (χ1n) is 10.8. The third kappa shape index (κ3) is 4.28. The Hall–Kier alpha value is -2.61. The lowest BCUT2D eigenvalue weighted by atomic mass is 9.95. The zero-order valence-electron chi connectivity index (χ0n) is 17.7. The molecule has 0 aromatic carbocycles. The van der Waals surface area contributed by atoms with Crippen LogP contribution in [0.4, 0.5) is 11.4 Å². The first kappa shape index (κ1) is 20.7. The van der Waals surface area contributed by atoms with E-state index in [1.165, 1.54) is 33.3 Å². The second-order valence-corrected chi connectivity index (χ2v) is 8.22. The van der Waals surface area contributed by atoms with E-state index in [0.29, 0.717) is 29.6 Å². The van der Waals surface area contributed by atoms with E-state index in [1.807, 2.05) is 16.8 Å². The molecule has 162 valence electrons. The van der Waals surface area contributed by atoms with Crippen molar-refractivity contribution in [1.29, 1.82) is 0 Å². The lowest BCUT2D eigenvalue weighted by Crippen LogP contribution is -2.22. The number of aromatic nitrogens is 2. The number of carbonyl (C=O) groups is 2. The lowest BCUT2D eigenvalue weighted by Gasteiger charge is -2.23. The van der Waals surface area contributed by atoms with Crippen molar-refractivity contribution in [2.45, 2.75) is 70.6 Å². The topological polar surface area (TPSA) is 94.5 Å². The van der Waals surface area contributed by atoms with Gasteiger partial charge in [-0.25, -0.2) is 9.78 Å². The summed E-state index contributed by atoms with van der Waals surface area (Å²) in [6, 6.07) is 2.40. The summed E-state index contributed by atoms with van der Waals surface area (Å²) < 4.78 is 12.7. The molecule has 1 saturated heterocycles. The molecule has 1 aliphatic carbocycles. The van der Waals surface area contributed by atoms with E-state index in [9.17, 15) is 9.59 Å². The van der Waals surface area contributed by atoms with Gasteiger partial charge >= 0.3 is 5.97 Å². The Balaban J connectivity index is 1.78. The predicted octanol–water partition coefficient (Wildman–Crippen LogP) is 3.70. The van der Waals surface area contributed by atoms with Gasteiger partial charge in [0.15, 0.2) is 5.69 Å². The van der Waals surface area contributed by atoms with E-state index in [4.69, 9.17) is 9.47 Å². The van der Waals surface area contributed by atoms with Crippen molar-refractivity contribution in [2.75, 3.05) is 24.4 Å². The number of hydrogen-bond donors (Lipinski definition) is 2. The minimum atomic E-state index is -0.503. The van der Waals surface area contributed by atoms with Crippen LogP contribution in [0.5, 0.6) is 0 Å². The molecule has 1 unspecified atom stereocenters. The molecule has 1 saturated carbocycles. The molecule has 0 radical (unpaired) electrons. The molecule has 2 N–H and O–H groups in total. The molecule has 0 bridgehead atoms. The fourth-order valence-corrected chi connectivity index (χ4v) is 4.57. The summed E-state index contributed by atoms with van der Waals surface area (Å²) in [6.07, 6.45) is 9.78. The fraction of sp³-hybridized carbons (Fsp3) is 0.591. The predicted molar refractivity (Wildman–Crippen MR) is 115 cm³/mol. The van der Waals surface area contributed by atoms with E-state index in [-0.39, 0.29) is 12.0 Å². The highest BCUT2D eigenvalue weighted by Crippen LogP contribution is 2.34. The molecule has 1 atom stereocenters. The summed E-state index contributed by atoms with van der Waals surface area (Å²) in [5, 5.41) is 7.14. The average Bonchev–Trinajstić information content (AvgIpc) is 3.35. The van der Waals surface area contributed by atoms with E-state index in [2.05, 4.69) is 15.6 Å². The van der Waals surface area contributed by atoms with Gasteiger partial charge in [0.1, 0.15) is 5.65 Å². The summed E-state index contributed by atoms with van der Waals surface area (Å²) in [4.78, 5) is 29.3. The van der Waals surface area contributed by atoms with Crippen molar-refractivity contribution in [1.82, 2.24) is 9.55 Å². The van der Waals surface area contributed by atoms with Gasteiger partial charge in [-0.2, -0.15) is 0 Å². The van der Waals surface area contributed by atoms with Crippen LogP contribution in [0.2, 0.25) is 0 Å². The normalized spacial score (nSPS) is 19.7. The van der Waals surface area contributed by atoms with Gasteiger partial charge < -0.3 is 24.7 Å². The Morgan fingerprint density at radius 2 is 2.03 bits per heavy atom. The van der Waals surface area contributed by atoms with Crippen molar-refractivity contribution in [3.63, 3.8) is 0 Å². The maximum atomic E-state index is 12.7. The largest absolute Gasteiger partial charge is 0.464 e. The summed E-state index contributed by atoms with van der Waals surface area (Å²) in [5.74, 6) is -0.751. The molecule has 8 nitrogen and oxygen atoms in total. The molecular formula is C22H30N4O4. The van der Waals surface area contributed by atoms with Crippen molar-refractivity contribution < 1.29 is 19.1 Å². The number of fused-ring (bicyclic) bond motifs is 1. The van der Waals surface area contributed by atoms with Crippen LogP contribution in [0.15, 0.2) is 12.3 Å². The third-order valence-electron chi connectivity index (χ3n) is 5.96. The average molecular weight is 415 g/mol. The third-order valence-corrected chi connectivity index (χ3v) is 5.96. The standard InChI is InChI=1S/C22H30N4O4/c1-14(27)24-19-18-11-16(25-15-7-4-3-5-8-15)12-23-21(18)26(20(19)22(28)29-2)13-17-9-6-10-30-17/h11-12,15,17,25H,3-10,13H2,1-2H3,(H,24,27). The van der Waals surface area contributed by atoms with Crippen LogP contribution in [0.3, 0.4) is 0 Å². The molecule has 1 aliphatic heterocycles. The van der Waals surface area contributed by atoms with Crippen molar-refractivity contribution >= 4 is 34.3 Å². The van der Waals surface area contributed by atoms with Crippen LogP contribution in [0, 0.1) is 0 Å². The van der Waals surface area contributed by atoms with Gasteiger partial charge in [0.2, 0.25) is 5.91 Å². The first-order valence-corrected chi connectivity index (χ1v) is 10.8. The number of carbonyl (C=O) groups excluding carboxylic acids is 2. The van der Waals surface area contributed by atoms with Crippen LogP contribution < -0.4 is 10.6 Å². The Morgan fingerprint density at radius 1 is 1.23 bits per heavy atom. The molecule has 4 rings (SSSR count). The highest BCUT2D eigenvalue weighted by Gasteiger charge is 2.28. The molecule has 8 heteroatoms. The zero-order valence-corrected chi connectivity index (χ0v) is 17.7. The Morgan fingerprint density at radius 3 is 2.70 bits per heavy atom. The maximum Gasteiger partial charge on any atom is 0.356 e. The second-order valence-electron chi connectivity index (χ2n) is 8.22. The number of rotatable bonds is 6. The van der Waals surface area contributed by atoms with Crippen LogP contribution >= 0.6 is 0 Å². The van der Waals surface area contributed by atoms with Gasteiger partial charge in [0.25, 0.3) is 0 Å². The fourth-order valence-electron chi connectivity index (χ4n) is 4.57. The van der Waals surface area contributed by atoms with Gasteiger partial charge in [-0.15, -0.1) is 0 Å². The van der Waals surface area contributed by atoms with Crippen molar-refractivity contribution in [3.8, 4) is 0 Å². The number of ether oxygens (including phenoxy) is 2. The number of nitrogens with zero attached hydrogens (tertiary/aromatic N) is 2. The smallest absolute Gasteiger partial charge is 0.356 e. The number of nitrogens with one attached hydrogen (secondary N) is 2. The molecule has 1 amide bonds. The van der Waals surface area contributed by atoms with Crippen LogP contribution in [0.25, 0.3) is 11.0 Å². The number of esters is 1. The molecule has 2 aromatic heterocycles. The van der Waals surface area contributed by atoms with E-state index >= 15 is 0 Å². The van der Waals surface area contributed by atoms with Crippen molar-refractivity contribution in [3.05, 3.63) is 18.0 Å². The number of pyridine rings is 1. The van der Waals surface area contributed by atoms with E-state index in [0.717, 1.165) is 43.4 Å². The van der Waals surface area contributed by atoms with Gasteiger partial charge in [0.05, 0.1) is 37.3 Å². The van der Waals surface area contributed by atoms with Crippen LogP contribution in [-0.4, -0.2) is 47.3 Å². The minimum Gasteiger partial charge on any atom is -0.464 e. The SMILES string of the molecule is COC(=O)c1c(NC(C)=O)c2cc(NC3CCCCC3)cnc2n1CC1CCCO1. The monoisotopic (exact) mass is 414 g/mol. The molecule has 30 heavy (non-hydrogen) atoms. The molecular weight excluding hydrogens is 384 g/mol. The second kappa shape index (κ2) is 9.04. The lowest BCUT2D eigenvalue weighted by molar-refractivity contribution is -0.114. The Bertz CT molecular complexity index is 927. The summed E-state index contributed by atoms with van der Waals surface area (Å²) >= 11 is 0. The minimum absolute atomic E-state index is 0.0102. The van der Waals surface area contributed by atoms with Crippen LogP contribution in [0.1, 0.15) is 62.4 Å². The summed E-state index contributed by atoms with van der Waals surface area (Å²) in [5.41, 5.74) is 2.29. The van der Waals surface area contributed by atoms with Gasteiger partial charge in [-0.3, -0.25) is 4.79 Å².